The molecule has 0 aromatic rings. The average molecular weight is 246 g/mol. The number of nitrogens with one attached hydrogen (secondary N) is 2. The lowest BCUT2D eigenvalue weighted by Crippen LogP contribution is -2.46. The first-order chi connectivity index (χ1) is 7.70. The molecule has 2 amide bonds. The zero-order valence-corrected chi connectivity index (χ0v) is 10.2. The van der Waals surface area contributed by atoms with Gasteiger partial charge in [0.1, 0.15) is 13.2 Å². The SMILES string of the molecule is CC(C)(C)NC(=O)CNC(=O)COCC(=O)O. The van der Waals surface area contributed by atoms with E-state index in [-0.39, 0.29) is 24.6 Å². The molecule has 0 atom stereocenters. The first-order valence-electron chi connectivity index (χ1n) is 5.08. The van der Waals surface area contributed by atoms with Gasteiger partial charge < -0.3 is 20.5 Å². The number of carboxylic acids is 1. The highest BCUT2D eigenvalue weighted by molar-refractivity contribution is 5.85. The quantitative estimate of drug-likeness (QED) is 0.564. The Labute approximate surface area is 99.5 Å². The molecule has 0 unspecified atom stereocenters. The second-order valence-electron chi connectivity index (χ2n) is 4.46. The highest BCUT2D eigenvalue weighted by Gasteiger charge is 2.14. The van der Waals surface area contributed by atoms with Crippen LogP contribution >= 0.6 is 0 Å². The van der Waals surface area contributed by atoms with Crippen LogP contribution in [0.25, 0.3) is 0 Å². The van der Waals surface area contributed by atoms with Crippen LogP contribution in [0.15, 0.2) is 0 Å². The van der Waals surface area contributed by atoms with Gasteiger partial charge in [-0.2, -0.15) is 0 Å². The van der Waals surface area contributed by atoms with Crippen LogP contribution in [0.4, 0.5) is 0 Å². The van der Waals surface area contributed by atoms with E-state index < -0.39 is 18.5 Å². The molecule has 0 heterocycles. The maximum Gasteiger partial charge on any atom is 0.329 e. The number of rotatable bonds is 6. The Hall–Kier alpha value is -1.63. The summed E-state index contributed by atoms with van der Waals surface area (Å²) in [7, 11) is 0. The fourth-order valence-corrected chi connectivity index (χ4v) is 0.923. The van der Waals surface area contributed by atoms with Crippen molar-refractivity contribution in [2.75, 3.05) is 19.8 Å². The molecule has 98 valence electrons. The van der Waals surface area contributed by atoms with E-state index in [0.717, 1.165) is 0 Å². The van der Waals surface area contributed by atoms with Crippen LogP contribution in [0.2, 0.25) is 0 Å². The molecule has 0 saturated carbocycles. The van der Waals surface area contributed by atoms with Crippen molar-refractivity contribution < 1.29 is 24.2 Å². The van der Waals surface area contributed by atoms with Crippen molar-refractivity contribution in [3.05, 3.63) is 0 Å². The first kappa shape index (κ1) is 15.4. The van der Waals surface area contributed by atoms with Gasteiger partial charge in [-0.05, 0) is 20.8 Å². The summed E-state index contributed by atoms with van der Waals surface area (Å²) in [6.45, 7) is 4.39. The van der Waals surface area contributed by atoms with Gasteiger partial charge in [-0.1, -0.05) is 0 Å². The Balaban J connectivity index is 3.70. The molecule has 0 aromatic carbocycles. The zero-order valence-electron chi connectivity index (χ0n) is 10.2. The van der Waals surface area contributed by atoms with Gasteiger partial charge in [-0.3, -0.25) is 9.59 Å². The van der Waals surface area contributed by atoms with Crippen LogP contribution in [0.1, 0.15) is 20.8 Å². The number of carbonyl (C=O) groups is 3. The summed E-state index contributed by atoms with van der Waals surface area (Å²) in [5.41, 5.74) is -0.360. The number of hydrogen-bond donors (Lipinski definition) is 3. The number of amides is 2. The minimum absolute atomic E-state index is 0.160. The molecule has 17 heavy (non-hydrogen) atoms. The molecule has 0 rings (SSSR count). The largest absolute Gasteiger partial charge is 0.480 e. The Bertz CT molecular complexity index is 296. The molecule has 3 N–H and O–H groups in total. The van der Waals surface area contributed by atoms with Crippen molar-refractivity contribution in [2.24, 2.45) is 0 Å². The Morgan fingerprint density at radius 3 is 2.18 bits per heavy atom. The summed E-state index contributed by atoms with van der Waals surface area (Å²) in [4.78, 5) is 32.5. The molecule has 0 radical (unpaired) electrons. The second-order valence-corrected chi connectivity index (χ2v) is 4.46. The number of ether oxygens (including phenoxy) is 1. The Kier molecular flexibility index (Phi) is 6.19. The summed E-state index contributed by atoms with van der Waals surface area (Å²) in [5.74, 6) is -2.00. The van der Waals surface area contributed by atoms with Crippen molar-refractivity contribution >= 4 is 17.8 Å². The average Bonchev–Trinajstić information content (AvgIpc) is 2.11. The lowest BCUT2D eigenvalue weighted by atomic mass is 10.1. The molecule has 0 fully saturated rings. The first-order valence-corrected chi connectivity index (χ1v) is 5.08. The summed E-state index contributed by atoms with van der Waals surface area (Å²) in [6.07, 6.45) is 0. The molecule has 0 aliphatic rings. The molecule has 0 spiro atoms. The fourth-order valence-electron chi connectivity index (χ4n) is 0.923. The molecule has 7 nitrogen and oxygen atoms in total. The van der Waals surface area contributed by atoms with Crippen molar-refractivity contribution in [1.29, 1.82) is 0 Å². The van der Waals surface area contributed by atoms with Gasteiger partial charge in [0.2, 0.25) is 11.8 Å². The van der Waals surface area contributed by atoms with Gasteiger partial charge in [-0.25, -0.2) is 4.79 Å². The second kappa shape index (κ2) is 6.85. The zero-order chi connectivity index (χ0) is 13.5. The molecular formula is C10H18N2O5. The smallest absolute Gasteiger partial charge is 0.329 e. The third-order valence-corrected chi connectivity index (χ3v) is 1.42. The van der Waals surface area contributed by atoms with E-state index >= 15 is 0 Å². The predicted molar refractivity (Wildman–Crippen MR) is 59.4 cm³/mol. The lowest BCUT2D eigenvalue weighted by Gasteiger charge is -2.20. The van der Waals surface area contributed by atoms with Crippen molar-refractivity contribution in [2.45, 2.75) is 26.3 Å². The van der Waals surface area contributed by atoms with Crippen LogP contribution < -0.4 is 10.6 Å². The van der Waals surface area contributed by atoms with E-state index in [1.165, 1.54) is 0 Å². The Morgan fingerprint density at radius 1 is 1.12 bits per heavy atom. The summed E-state index contributed by atoms with van der Waals surface area (Å²) in [5, 5.41) is 13.2. The van der Waals surface area contributed by atoms with Gasteiger partial charge in [-0.15, -0.1) is 0 Å². The van der Waals surface area contributed by atoms with E-state index in [0.29, 0.717) is 0 Å². The normalized spacial score (nSPS) is 10.8. The highest BCUT2D eigenvalue weighted by Crippen LogP contribution is 1.96. The van der Waals surface area contributed by atoms with Gasteiger partial charge >= 0.3 is 5.97 Å². The molecule has 7 heteroatoms. The standard InChI is InChI=1S/C10H18N2O5/c1-10(2,3)12-7(13)4-11-8(14)5-17-6-9(15)16/h4-6H2,1-3H3,(H,11,14)(H,12,13)(H,15,16). The van der Waals surface area contributed by atoms with E-state index in [2.05, 4.69) is 15.4 Å². The van der Waals surface area contributed by atoms with E-state index in [9.17, 15) is 14.4 Å². The summed E-state index contributed by atoms with van der Waals surface area (Å²) < 4.78 is 4.55. The maximum absolute atomic E-state index is 11.3. The topological polar surface area (TPSA) is 105 Å². The van der Waals surface area contributed by atoms with Crippen molar-refractivity contribution in [3.8, 4) is 0 Å². The van der Waals surface area contributed by atoms with E-state index in [1.807, 2.05) is 20.8 Å². The Morgan fingerprint density at radius 2 is 1.71 bits per heavy atom. The maximum atomic E-state index is 11.3. The van der Waals surface area contributed by atoms with E-state index in [4.69, 9.17) is 5.11 Å². The summed E-state index contributed by atoms with van der Waals surface area (Å²) in [6, 6.07) is 0. The van der Waals surface area contributed by atoms with Crippen LogP contribution in [-0.4, -0.2) is 48.2 Å². The monoisotopic (exact) mass is 246 g/mol. The third-order valence-electron chi connectivity index (χ3n) is 1.42. The third kappa shape index (κ3) is 10.6. The number of carbonyl (C=O) groups excluding carboxylic acids is 2. The molecule has 0 aliphatic carbocycles. The van der Waals surface area contributed by atoms with Crippen molar-refractivity contribution in [1.82, 2.24) is 10.6 Å². The molecule has 0 saturated heterocycles. The number of hydrogen-bond acceptors (Lipinski definition) is 4. The van der Waals surface area contributed by atoms with Crippen LogP contribution in [0, 0.1) is 0 Å². The van der Waals surface area contributed by atoms with Crippen LogP contribution in [-0.2, 0) is 19.1 Å². The summed E-state index contributed by atoms with van der Waals surface area (Å²) >= 11 is 0. The minimum Gasteiger partial charge on any atom is -0.480 e. The number of carboxylic acid groups (broad SMARTS) is 1. The van der Waals surface area contributed by atoms with E-state index in [1.54, 1.807) is 0 Å². The number of aliphatic carboxylic acids is 1. The van der Waals surface area contributed by atoms with Crippen LogP contribution in [0.3, 0.4) is 0 Å². The fraction of sp³-hybridized carbons (Fsp3) is 0.700. The minimum atomic E-state index is -1.15. The highest BCUT2D eigenvalue weighted by atomic mass is 16.5. The van der Waals surface area contributed by atoms with Gasteiger partial charge in [0.15, 0.2) is 0 Å². The molecule has 0 aliphatic heterocycles. The molecular weight excluding hydrogens is 228 g/mol. The van der Waals surface area contributed by atoms with Gasteiger partial charge in [0.25, 0.3) is 0 Å². The predicted octanol–water partition coefficient (Wildman–Crippen LogP) is -0.881. The van der Waals surface area contributed by atoms with Crippen LogP contribution in [0.5, 0.6) is 0 Å². The van der Waals surface area contributed by atoms with Crippen molar-refractivity contribution in [3.63, 3.8) is 0 Å². The lowest BCUT2D eigenvalue weighted by molar-refractivity contribution is -0.144. The molecule has 0 aromatic heterocycles. The van der Waals surface area contributed by atoms with Gasteiger partial charge in [0.05, 0.1) is 6.54 Å². The van der Waals surface area contributed by atoms with Gasteiger partial charge in [0, 0.05) is 5.54 Å². The molecule has 0 bridgehead atoms.